The molecule has 2 N–H and O–H groups in total. The van der Waals surface area contributed by atoms with Gasteiger partial charge in [-0.3, -0.25) is 19.4 Å². The molecule has 0 unspecified atom stereocenters. The maximum absolute atomic E-state index is 14.1. The van der Waals surface area contributed by atoms with Crippen LogP contribution in [0.4, 0.5) is 15.8 Å². The van der Waals surface area contributed by atoms with Crippen LogP contribution in [0.3, 0.4) is 0 Å². The Morgan fingerprint density at radius 3 is 2.67 bits per heavy atom. The van der Waals surface area contributed by atoms with Crippen LogP contribution in [0, 0.1) is 29.5 Å². The SMILES string of the molecule is C#CCN1C(=O)[C@]2(C(C#N)=C(N)N(c3cccc(F)c3)C3=C2C(=O)CCC3)c2ccccc21. The van der Waals surface area contributed by atoms with E-state index >= 15 is 0 Å². The van der Waals surface area contributed by atoms with Crippen LogP contribution in [0.2, 0.25) is 0 Å². The molecular formula is C26H19FN4O2. The Morgan fingerprint density at radius 1 is 1.15 bits per heavy atom. The predicted molar refractivity (Wildman–Crippen MR) is 121 cm³/mol. The zero-order chi connectivity index (χ0) is 23.3. The molecule has 2 aromatic carbocycles. The van der Waals surface area contributed by atoms with Crippen molar-refractivity contribution in [3.05, 3.63) is 82.6 Å². The Labute approximate surface area is 190 Å². The first-order valence-corrected chi connectivity index (χ1v) is 10.5. The molecule has 0 saturated heterocycles. The average Bonchev–Trinajstić information content (AvgIpc) is 3.04. The van der Waals surface area contributed by atoms with Crippen LogP contribution in [0.25, 0.3) is 0 Å². The smallest absolute Gasteiger partial charge is 0.248 e. The minimum Gasteiger partial charge on any atom is -0.384 e. The van der Waals surface area contributed by atoms with Crippen LogP contribution in [-0.2, 0) is 15.0 Å². The minimum atomic E-state index is -1.68. The molecule has 3 aliphatic rings. The van der Waals surface area contributed by atoms with Crippen molar-refractivity contribution in [2.75, 3.05) is 16.3 Å². The van der Waals surface area contributed by atoms with Gasteiger partial charge in [-0.1, -0.05) is 30.2 Å². The molecule has 7 heteroatoms. The molecule has 0 saturated carbocycles. The maximum atomic E-state index is 14.1. The lowest BCUT2D eigenvalue weighted by Crippen LogP contribution is -2.52. The van der Waals surface area contributed by atoms with Crippen LogP contribution in [-0.4, -0.2) is 18.2 Å². The minimum absolute atomic E-state index is 0.00209. The van der Waals surface area contributed by atoms with Crippen LogP contribution in [0.5, 0.6) is 0 Å². The van der Waals surface area contributed by atoms with E-state index in [1.54, 1.807) is 35.2 Å². The third-order valence-corrected chi connectivity index (χ3v) is 6.49. The summed E-state index contributed by atoms with van der Waals surface area (Å²) < 4.78 is 14.1. The second-order valence-electron chi connectivity index (χ2n) is 8.15. The van der Waals surface area contributed by atoms with E-state index in [2.05, 4.69) is 12.0 Å². The Bertz CT molecular complexity index is 1380. The second kappa shape index (κ2) is 7.36. The molecule has 0 fully saturated rings. The first-order valence-electron chi connectivity index (χ1n) is 10.5. The predicted octanol–water partition coefficient (Wildman–Crippen LogP) is 3.26. The fraction of sp³-hybridized carbons (Fsp3) is 0.192. The number of nitriles is 1. The van der Waals surface area contributed by atoms with Crippen molar-refractivity contribution >= 4 is 23.1 Å². The van der Waals surface area contributed by atoms with Gasteiger partial charge in [0.25, 0.3) is 0 Å². The molecule has 0 aromatic heterocycles. The summed E-state index contributed by atoms with van der Waals surface area (Å²) >= 11 is 0. The van der Waals surface area contributed by atoms with E-state index in [0.29, 0.717) is 35.5 Å². The van der Waals surface area contributed by atoms with Crippen molar-refractivity contribution in [3.63, 3.8) is 0 Å². The van der Waals surface area contributed by atoms with Crippen molar-refractivity contribution in [3.8, 4) is 18.4 Å². The number of Topliss-reactive ketones (excluding diaryl/α,β-unsaturated/α-hetero) is 1. The molecule has 1 atom stereocenters. The first-order chi connectivity index (χ1) is 16.0. The van der Waals surface area contributed by atoms with Gasteiger partial charge in [-0.15, -0.1) is 6.42 Å². The summed E-state index contributed by atoms with van der Waals surface area (Å²) in [6.45, 7) is -0.0133. The van der Waals surface area contributed by atoms with Gasteiger partial charge in [-0.05, 0) is 37.1 Å². The normalized spacial score (nSPS) is 21.8. The fourth-order valence-electron chi connectivity index (χ4n) is 5.29. The highest BCUT2D eigenvalue weighted by Crippen LogP contribution is 2.56. The van der Waals surface area contributed by atoms with Gasteiger partial charge in [0.1, 0.15) is 23.1 Å². The molecule has 1 aliphatic carbocycles. The Kier molecular flexibility index (Phi) is 4.58. The number of anilines is 2. The van der Waals surface area contributed by atoms with E-state index in [0.717, 1.165) is 0 Å². The number of carbonyl (C=O) groups is 2. The molecule has 162 valence electrons. The van der Waals surface area contributed by atoms with Crippen LogP contribution in [0.1, 0.15) is 24.8 Å². The van der Waals surface area contributed by atoms with Gasteiger partial charge in [0.05, 0.1) is 17.8 Å². The topological polar surface area (TPSA) is 90.4 Å². The Balaban J connectivity index is 1.89. The van der Waals surface area contributed by atoms with E-state index in [1.165, 1.54) is 23.1 Å². The fourth-order valence-corrected chi connectivity index (χ4v) is 5.29. The molecule has 0 bridgehead atoms. The largest absolute Gasteiger partial charge is 0.384 e. The summed E-state index contributed by atoms with van der Waals surface area (Å²) in [5.74, 6) is 1.31. The summed E-state index contributed by atoms with van der Waals surface area (Å²) in [6.07, 6.45) is 6.78. The number of nitrogens with zero attached hydrogens (tertiary/aromatic N) is 3. The van der Waals surface area contributed by atoms with Gasteiger partial charge in [0.2, 0.25) is 5.91 Å². The number of nitrogens with two attached hydrogens (primary N) is 1. The van der Waals surface area contributed by atoms with Crippen LogP contribution in [0.15, 0.2) is 71.2 Å². The summed E-state index contributed by atoms with van der Waals surface area (Å²) in [4.78, 5) is 30.5. The van der Waals surface area contributed by atoms with Crippen molar-refractivity contribution in [2.45, 2.75) is 24.7 Å². The third-order valence-electron chi connectivity index (χ3n) is 6.49. The van der Waals surface area contributed by atoms with Crippen molar-refractivity contribution < 1.29 is 14.0 Å². The summed E-state index contributed by atoms with van der Waals surface area (Å²) in [6, 6.07) is 14.9. The van der Waals surface area contributed by atoms with Crippen molar-refractivity contribution in [1.29, 1.82) is 5.26 Å². The summed E-state index contributed by atoms with van der Waals surface area (Å²) in [5, 5.41) is 10.3. The molecule has 1 spiro atoms. The second-order valence-corrected chi connectivity index (χ2v) is 8.15. The number of para-hydroxylation sites is 1. The molecule has 6 nitrogen and oxygen atoms in total. The number of amides is 1. The molecule has 0 radical (unpaired) electrons. The number of fused-ring (bicyclic) bond motifs is 3. The lowest BCUT2D eigenvalue weighted by atomic mass is 9.64. The Morgan fingerprint density at radius 2 is 1.94 bits per heavy atom. The molecule has 1 amide bonds. The number of hydrogen-bond donors (Lipinski definition) is 1. The highest BCUT2D eigenvalue weighted by molar-refractivity contribution is 6.20. The van der Waals surface area contributed by atoms with E-state index in [1.807, 2.05) is 0 Å². The van der Waals surface area contributed by atoms with Gasteiger partial charge >= 0.3 is 0 Å². The molecule has 33 heavy (non-hydrogen) atoms. The van der Waals surface area contributed by atoms with Gasteiger partial charge in [0, 0.05) is 28.9 Å². The summed E-state index contributed by atoms with van der Waals surface area (Å²) in [5.41, 5.74) is 7.00. The molecule has 5 rings (SSSR count). The van der Waals surface area contributed by atoms with Gasteiger partial charge in [0.15, 0.2) is 5.78 Å². The monoisotopic (exact) mass is 438 g/mol. The third kappa shape index (κ3) is 2.60. The van der Waals surface area contributed by atoms with Crippen molar-refractivity contribution in [1.82, 2.24) is 0 Å². The van der Waals surface area contributed by atoms with Gasteiger partial charge in [-0.25, -0.2) is 4.39 Å². The van der Waals surface area contributed by atoms with E-state index in [9.17, 15) is 19.2 Å². The highest BCUT2D eigenvalue weighted by Gasteiger charge is 2.62. The van der Waals surface area contributed by atoms with Crippen LogP contribution < -0.4 is 15.5 Å². The zero-order valence-corrected chi connectivity index (χ0v) is 17.6. The number of hydrogen-bond acceptors (Lipinski definition) is 5. The molecular weight excluding hydrogens is 419 g/mol. The average molecular weight is 438 g/mol. The van der Waals surface area contributed by atoms with E-state index < -0.39 is 17.1 Å². The number of carbonyl (C=O) groups excluding carboxylic acids is 2. The quantitative estimate of drug-likeness (QED) is 0.727. The first kappa shape index (κ1) is 20.5. The van der Waals surface area contributed by atoms with Gasteiger partial charge < -0.3 is 5.73 Å². The number of allylic oxidation sites excluding steroid dienone is 1. The standard InChI is InChI=1S/C26H19FN4O2/c1-2-13-30-20-10-4-3-9-18(20)26(25(30)33)19(15-28)24(29)31(17-8-5-7-16(27)14-17)21-11-6-12-22(32)23(21)26/h1,3-5,7-10,14H,6,11-13,29H2/t26-/m0/s1. The zero-order valence-electron chi connectivity index (χ0n) is 17.6. The Hall–Kier alpha value is -4.36. The van der Waals surface area contributed by atoms with Crippen molar-refractivity contribution in [2.24, 2.45) is 5.73 Å². The number of terminal acetylenes is 1. The molecule has 2 heterocycles. The molecule has 2 aromatic rings. The maximum Gasteiger partial charge on any atom is 0.248 e. The van der Waals surface area contributed by atoms with E-state index in [-0.39, 0.29) is 35.7 Å². The number of halogens is 1. The lowest BCUT2D eigenvalue weighted by molar-refractivity contribution is -0.124. The number of ketones is 1. The lowest BCUT2D eigenvalue weighted by Gasteiger charge is -2.43. The van der Waals surface area contributed by atoms with Crippen LogP contribution >= 0.6 is 0 Å². The highest BCUT2D eigenvalue weighted by atomic mass is 19.1. The van der Waals surface area contributed by atoms with E-state index in [4.69, 9.17) is 12.2 Å². The van der Waals surface area contributed by atoms with Gasteiger partial charge in [-0.2, -0.15) is 5.26 Å². The number of benzene rings is 2. The molecule has 2 aliphatic heterocycles. The number of rotatable bonds is 2. The summed E-state index contributed by atoms with van der Waals surface area (Å²) in [7, 11) is 0.